The molecule has 0 aliphatic heterocycles. The van der Waals surface area contributed by atoms with Gasteiger partial charge in [0.05, 0.1) is 11.1 Å². The molecule has 1 aromatic carbocycles. The van der Waals surface area contributed by atoms with E-state index in [1.54, 1.807) is 12.1 Å². The molecule has 3 atom stereocenters. The first-order chi connectivity index (χ1) is 15.4. The van der Waals surface area contributed by atoms with Crippen LogP contribution in [0.2, 0.25) is 5.02 Å². The Hall–Kier alpha value is -2.33. The molecular formula is C25H28ClF2NO4. The first-order valence-electron chi connectivity index (χ1n) is 11.3. The van der Waals surface area contributed by atoms with Crippen LogP contribution in [0.25, 0.3) is 0 Å². The van der Waals surface area contributed by atoms with Gasteiger partial charge in [0.25, 0.3) is 0 Å². The number of nitrogens with zero attached hydrogens (tertiary/aromatic N) is 1. The number of carboxylic acid groups (broad SMARTS) is 1. The molecule has 1 unspecified atom stereocenters. The fourth-order valence-corrected chi connectivity index (χ4v) is 6.61. The minimum absolute atomic E-state index is 0.0934. The van der Waals surface area contributed by atoms with Crippen LogP contribution in [0.3, 0.4) is 0 Å². The summed E-state index contributed by atoms with van der Waals surface area (Å²) in [5, 5.41) is 10.4. The van der Waals surface area contributed by atoms with Crippen molar-refractivity contribution in [3.05, 3.63) is 23.2 Å². The third kappa shape index (κ3) is 4.30. The number of anilines is 1. The number of hydrogen-bond donors (Lipinski definition) is 1. The zero-order valence-electron chi connectivity index (χ0n) is 18.7. The van der Waals surface area contributed by atoms with Crippen LogP contribution in [0.1, 0.15) is 58.8 Å². The van der Waals surface area contributed by atoms with Crippen LogP contribution in [-0.2, 0) is 9.59 Å². The van der Waals surface area contributed by atoms with Crippen LogP contribution in [-0.4, -0.2) is 34.5 Å². The Labute approximate surface area is 197 Å². The van der Waals surface area contributed by atoms with Gasteiger partial charge in [-0.25, -0.2) is 13.6 Å². The first kappa shape index (κ1) is 23.8. The fourth-order valence-electron chi connectivity index (χ4n) is 6.39. The zero-order valence-corrected chi connectivity index (χ0v) is 19.5. The molecule has 4 rings (SSSR count). The van der Waals surface area contributed by atoms with E-state index in [0.717, 1.165) is 6.42 Å². The van der Waals surface area contributed by atoms with Gasteiger partial charge in [0.15, 0.2) is 0 Å². The molecule has 0 bridgehead atoms. The van der Waals surface area contributed by atoms with Crippen LogP contribution < -0.4 is 9.64 Å². The molecule has 1 aromatic rings. The normalized spacial score (nSPS) is 29.9. The van der Waals surface area contributed by atoms with Gasteiger partial charge in [0.1, 0.15) is 11.3 Å². The number of rotatable bonds is 5. The maximum absolute atomic E-state index is 13.2. The lowest BCUT2D eigenvalue weighted by atomic mass is 9.53. The van der Waals surface area contributed by atoms with E-state index in [4.69, 9.17) is 22.8 Å². The summed E-state index contributed by atoms with van der Waals surface area (Å²) in [6.07, 6.45) is 7.59. The standard InChI is InChI=1S/C25H28ClF2NO4/c1-4-21(30)29(24(22(31)32)9-15(2)7-16(3)10-24)17-5-6-20(19(26)8-17)33-18-11-23(12-18)13-25(27,28)14-23/h1,5-6,8,15-16,18H,7,9-14H2,2-3H3,(H,31,32)/t15-,16+,24?. The molecule has 3 aliphatic rings. The van der Waals surface area contributed by atoms with E-state index in [2.05, 4.69) is 5.92 Å². The molecule has 1 spiro atoms. The van der Waals surface area contributed by atoms with Gasteiger partial charge in [0.2, 0.25) is 5.92 Å². The number of ether oxygens (including phenoxy) is 1. The summed E-state index contributed by atoms with van der Waals surface area (Å²) in [5.74, 6) is -1.77. The number of carboxylic acids is 1. The van der Waals surface area contributed by atoms with Gasteiger partial charge in [-0.3, -0.25) is 9.69 Å². The van der Waals surface area contributed by atoms with E-state index in [9.17, 15) is 23.5 Å². The predicted octanol–water partition coefficient (Wildman–Crippen LogP) is 5.54. The third-order valence-corrected chi connectivity index (χ3v) is 7.68. The number of aliphatic carboxylic acids is 1. The van der Waals surface area contributed by atoms with Crippen molar-refractivity contribution in [1.82, 2.24) is 0 Å². The van der Waals surface area contributed by atoms with Crippen molar-refractivity contribution in [3.8, 4) is 18.1 Å². The van der Waals surface area contributed by atoms with Crippen molar-refractivity contribution in [2.45, 2.75) is 76.4 Å². The highest BCUT2D eigenvalue weighted by atomic mass is 35.5. The van der Waals surface area contributed by atoms with Crippen molar-refractivity contribution < 1.29 is 28.2 Å². The summed E-state index contributed by atoms with van der Waals surface area (Å²) >= 11 is 6.45. The van der Waals surface area contributed by atoms with Gasteiger partial charge in [0, 0.05) is 18.5 Å². The highest BCUT2D eigenvalue weighted by Gasteiger charge is 2.62. The van der Waals surface area contributed by atoms with Gasteiger partial charge >= 0.3 is 11.9 Å². The topological polar surface area (TPSA) is 66.8 Å². The summed E-state index contributed by atoms with van der Waals surface area (Å²) in [4.78, 5) is 26.5. The molecule has 178 valence electrons. The minimum atomic E-state index is -2.56. The van der Waals surface area contributed by atoms with E-state index in [1.807, 2.05) is 13.8 Å². The molecular weight excluding hydrogens is 452 g/mol. The average Bonchev–Trinajstić information content (AvgIpc) is 2.66. The number of amides is 1. The Balaban J connectivity index is 1.57. The molecule has 3 saturated carbocycles. The maximum atomic E-state index is 13.2. The predicted molar refractivity (Wildman–Crippen MR) is 121 cm³/mol. The summed E-state index contributed by atoms with van der Waals surface area (Å²) in [5.41, 5.74) is -1.50. The van der Waals surface area contributed by atoms with Gasteiger partial charge in [-0.05, 0) is 73.5 Å². The Morgan fingerprint density at radius 3 is 2.27 bits per heavy atom. The molecule has 0 radical (unpaired) electrons. The van der Waals surface area contributed by atoms with Crippen molar-refractivity contribution in [2.75, 3.05) is 4.90 Å². The second kappa shape index (κ2) is 8.16. The Morgan fingerprint density at radius 1 is 1.18 bits per heavy atom. The largest absolute Gasteiger partial charge is 0.489 e. The molecule has 3 aliphatic carbocycles. The summed E-state index contributed by atoms with van der Waals surface area (Å²) in [6.45, 7) is 3.94. The Kier molecular flexibility index (Phi) is 5.89. The van der Waals surface area contributed by atoms with Gasteiger partial charge in [-0.15, -0.1) is 6.42 Å². The maximum Gasteiger partial charge on any atom is 0.330 e. The van der Waals surface area contributed by atoms with Crippen LogP contribution in [0.5, 0.6) is 5.75 Å². The van der Waals surface area contributed by atoms with E-state index >= 15 is 0 Å². The smallest absolute Gasteiger partial charge is 0.330 e. The molecule has 3 fully saturated rings. The monoisotopic (exact) mass is 479 g/mol. The first-order valence-corrected chi connectivity index (χ1v) is 11.6. The zero-order chi connectivity index (χ0) is 24.2. The van der Waals surface area contributed by atoms with Crippen molar-refractivity contribution in [3.63, 3.8) is 0 Å². The van der Waals surface area contributed by atoms with Gasteiger partial charge in [-0.2, -0.15) is 0 Å². The van der Waals surface area contributed by atoms with Gasteiger partial charge < -0.3 is 9.84 Å². The molecule has 0 heterocycles. The number of carbonyl (C=O) groups excluding carboxylic acids is 1. The fraction of sp³-hybridized carbons (Fsp3) is 0.600. The summed E-state index contributed by atoms with van der Waals surface area (Å²) in [6, 6.07) is 4.66. The average molecular weight is 480 g/mol. The Bertz CT molecular complexity index is 994. The lowest BCUT2D eigenvalue weighted by Crippen LogP contribution is -2.60. The molecule has 33 heavy (non-hydrogen) atoms. The highest BCUT2D eigenvalue weighted by molar-refractivity contribution is 6.32. The van der Waals surface area contributed by atoms with Crippen LogP contribution in [0.15, 0.2) is 18.2 Å². The second-order valence-corrected chi connectivity index (χ2v) is 10.9. The van der Waals surface area contributed by atoms with E-state index in [0.29, 0.717) is 24.3 Å². The minimum Gasteiger partial charge on any atom is -0.489 e. The second-order valence-electron chi connectivity index (χ2n) is 10.4. The number of hydrogen-bond acceptors (Lipinski definition) is 3. The number of benzene rings is 1. The van der Waals surface area contributed by atoms with E-state index in [-0.39, 0.29) is 54.1 Å². The molecule has 5 nitrogen and oxygen atoms in total. The molecule has 0 saturated heterocycles. The van der Waals surface area contributed by atoms with Crippen LogP contribution in [0, 0.1) is 29.6 Å². The SMILES string of the molecule is C#CC(=O)N(c1ccc(OC2CC3(C2)CC(F)(F)C3)c(Cl)c1)C1(C(=O)O)C[C@H](C)C[C@H](C)C1. The van der Waals surface area contributed by atoms with E-state index in [1.165, 1.54) is 11.0 Å². The van der Waals surface area contributed by atoms with Crippen LogP contribution in [0.4, 0.5) is 14.5 Å². The number of carbonyl (C=O) groups is 2. The van der Waals surface area contributed by atoms with Crippen LogP contribution >= 0.6 is 11.6 Å². The van der Waals surface area contributed by atoms with Gasteiger partial charge in [-0.1, -0.05) is 25.4 Å². The number of terminal acetylenes is 1. The summed E-state index contributed by atoms with van der Waals surface area (Å²) in [7, 11) is 0. The highest BCUT2D eigenvalue weighted by Crippen LogP contribution is 2.63. The van der Waals surface area contributed by atoms with Crippen molar-refractivity contribution >= 4 is 29.2 Å². The number of halogens is 3. The summed E-state index contributed by atoms with van der Waals surface area (Å²) < 4.78 is 32.4. The van der Waals surface area contributed by atoms with Crippen molar-refractivity contribution in [1.29, 1.82) is 0 Å². The molecule has 1 amide bonds. The Morgan fingerprint density at radius 2 is 1.79 bits per heavy atom. The lowest BCUT2D eigenvalue weighted by Gasteiger charge is -2.56. The number of alkyl halides is 2. The van der Waals surface area contributed by atoms with E-state index < -0.39 is 23.3 Å². The molecule has 8 heteroatoms. The molecule has 0 aromatic heterocycles. The molecule has 1 N–H and O–H groups in total. The third-order valence-electron chi connectivity index (χ3n) is 7.39. The quantitative estimate of drug-likeness (QED) is 0.563. The lowest BCUT2D eigenvalue weighted by molar-refractivity contribution is -0.214. The van der Waals surface area contributed by atoms with Crippen molar-refractivity contribution in [2.24, 2.45) is 17.3 Å².